The fourth-order valence-electron chi connectivity index (χ4n) is 5.40. The maximum atomic E-state index is 13.5. The second kappa shape index (κ2) is 11.8. The third kappa shape index (κ3) is 5.91. The molecule has 11 heteroatoms. The average molecular weight is 609 g/mol. The lowest BCUT2D eigenvalue weighted by atomic mass is 10.0. The summed E-state index contributed by atoms with van der Waals surface area (Å²) in [5.41, 5.74) is 2.80. The number of aromatic nitrogens is 2. The summed E-state index contributed by atoms with van der Waals surface area (Å²) in [5.74, 6) is 0.376. The first-order valence-electron chi connectivity index (χ1n) is 13.9. The highest BCUT2D eigenvalue weighted by Crippen LogP contribution is 2.36. The van der Waals surface area contributed by atoms with Gasteiger partial charge in [-0.1, -0.05) is 61.2 Å². The van der Waals surface area contributed by atoms with Crippen LogP contribution in [0, 0.1) is 5.92 Å². The molecule has 6 rings (SSSR count). The Morgan fingerprint density at radius 3 is 2.61 bits per heavy atom. The number of carbonyl (C=O) groups excluding carboxylic acids is 1. The van der Waals surface area contributed by atoms with Crippen molar-refractivity contribution in [2.75, 3.05) is 26.2 Å². The number of thioether (sulfide) groups is 1. The second-order valence-electron chi connectivity index (χ2n) is 10.8. The number of carbonyl (C=O) groups is 1. The third-order valence-corrected chi connectivity index (χ3v) is 11.1. The summed E-state index contributed by atoms with van der Waals surface area (Å²) in [5, 5.41) is 4.86. The first-order valence-corrected chi connectivity index (χ1v) is 16.6. The number of piperidine rings is 1. The molecule has 1 aromatic heterocycles. The lowest BCUT2D eigenvalue weighted by Crippen LogP contribution is -2.37. The van der Waals surface area contributed by atoms with E-state index >= 15 is 0 Å². The van der Waals surface area contributed by atoms with E-state index < -0.39 is 10.0 Å². The summed E-state index contributed by atoms with van der Waals surface area (Å²) in [7, 11) is -3.64. The molecule has 3 aliphatic heterocycles. The van der Waals surface area contributed by atoms with Crippen LogP contribution in [0.3, 0.4) is 0 Å². The van der Waals surface area contributed by atoms with Gasteiger partial charge in [-0.05, 0) is 61.9 Å². The number of para-hydroxylation sites is 1. The molecule has 41 heavy (non-hydrogen) atoms. The van der Waals surface area contributed by atoms with Gasteiger partial charge >= 0.3 is 0 Å². The Labute approximate surface area is 250 Å². The second-order valence-corrected chi connectivity index (χ2v) is 14.4. The number of rotatable bonds is 7. The normalized spacial score (nSPS) is 21.8. The Hall–Kier alpha value is -2.83. The summed E-state index contributed by atoms with van der Waals surface area (Å²) in [6.45, 7) is 4.37. The van der Waals surface area contributed by atoms with E-state index in [1.807, 2.05) is 48.7 Å². The Morgan fingerprint density at radius 1 is 1.10 bits per heavy atom. The Balaban J connectivity index is 1.36. The van der Waals surface area contributed by atoms with Crippen molar-refractivity contribution in [2.45, 2.75) is 43.6 Å². The molecule has 4 heterocycles. The SMILES string of the molecule is CC1CCN(S(=O)(=O)c2cccc(-c3nn(-c4ccccc4)cc3C=C3SC(=S)N(CC4CCCO4)C3=O)c2)CC1. The van der Waals surface area contributed by atoms with Gasteiger partial charge in [-0.25, -0.2) is 13.1 Å². The number of sulfonamides is 1. The fourth-order valence-corrected chi connectivity index (χ4v) is 8.18. The van der Waals surface area contributed by atoms with Crippen molar-refractivity contribution < 1.29 is 17.9 Å². The van der Waals surface area contributed by atoms with Crippen LogP contribution in [-0.4, -0.2) is 70.0 Å². The lowest BCUT2D eigenvalue weighted by molar-refractivity contribution is -0.123. The molecule has 0 saturated carbocycles. The van der Waals surface area contributed by atoms with Gasteiger partial charge in [0, 0.05) is 37.0 Å². The number of nitrogens with zero attached hydrogens (tertiary/aromatic N) is 4. The maximum Gasteiger partial charge on any atom is 0.266 e. The molecule has 3 aromatic rings. The topological polar surface area (TPSA) is 84.7 Å². The zero-order valence-electron chi connectivity index (χ0n) is 22.8. The molecule has 1 unspecified atom stereocenters. The highest BCUT2D eigenvalue weighted by atomic mass is 32.2. The van der Waals surface area contributed by atoms with Gasteiger partial charge in [0.1, 0.15) is 10.0 Å². The zero-order chi connectivity index (χ0) is 28.6. The minimum atomic E-state index is -3.64. The van der Waals surface area contributed by atoms with E-state index in [9.17, 15) is 13.2 Å². The van der Waals surface area contributed by atoms with E-state index in [2.05, 4.69) is 6.92 Å². The summed E-state index contributed by atoms with van der Waals surface area (Å²) >= 11 is 6.83. The van der Waals surface area contributed by atoms with Crippen molar-refractivity contribution in [3.05, 3.63) is 71.3 Å². The molecule has 0 radical (unpaired) electrons. The van der Waals surface area contributed by atoms with Crippen LogP contribution in [0.1, 0.15) is 38.2 Å². The van der Waals surface area contributed by atoms with Crippen LogP contribution in [0.5, 0.6) is 0 Å². The zero-order valence-corrected chi connectivity index (χ0v) is 25.3. The minimum Gasteiger partial charge on any atom is -0.376 e. The van der Waals surface area contributed by atoms with Gasteiger partial charge in [-0.15, -0.1) is 0 Å². The predicted molar refractivity (Wildman–Crippen MR) is 165 cm³/mol. The number of hydrogen-bond acceptors (Lipinski definition) is 7. The number of hydrogen-bond donors (Lipinski definition) is 0. The minimum absolute atomic E-state index is 0.000969. The van der Waals surface area contributed by atoms with Crippen molar-refractivity contribution in [2.24, 2.45) is 5.92 Å². The monoisotopic (exact) mass is 608 g/mol. The summed E-state index contributed by atoms with van der Waals surface area (Å²) in [4.78, 5) is 15.8. The standard InChI is InChI=1S/C30H32N4O4S3/c1-21-12-14-32(15-13-21)41(36,37)26-11-5-7-22(17-26)28-23(19-34(31-28)24-8-3-2-4-9-24)18-27-29(35)33(30(39)40-27)20-25-10-6-16-38-25/h2-5,7-9,11,17-19,21,25H,6,10,12-16,20H2,1H3. The van der Waals surface area contributed by atoms with Crippen molar-refractivity contribution in [3.63, 3.8) is 0 Å². The van der Waals surface area contributed by atoms with Gasteiger partial charge in [0.2, 0.25) is 10.0 Å². The molecule has 3 saturated heterocycles. The Kier molecular flexibility index (Phi) is 8.15. The smallest absolute Gasteiger partial charge is 0.266 e. The van der Waals surface area contributed by atoms with Crippen molar-refractivity contribution in [3.8, 4) is 16.9 Å². The molecule has 8 nitrogen and oxygen atoms in total. The van der Waals surface area contributed by atoms with E-state index in [0.29, 0.717) is 58.2 Å². The molecule has 214 valence electrons. The lowest BCUT2D eigenvalue weighted by Gasteiger charge is -2.29. The number of ether oxygens (including phenoxy) is 1. The summed E-state index contributed by atoms with van der Waals surface area (Å²) < 4.78 is 36.6. The van der Waals surface area contributed by atoms with Crippen molar-refractivity contribution in [1.82, 2.24) is 19.0 Å². The molecular weight excluding hydrogens is 577 g/mol. The predicted octanol–water partition coefficient (Wildman–Crippen LogP) is 5.34. The highest BCUT2D eigenvalue weighted by Gasteiger charge is 2.35. The van der Waals surface area contributed by atoms with Gasteiger partial charge in [0.15, 0.2) is 0 Å². The molecule has 0 aliphatic carbocycles. The molecule has 1 amide bonds. The maximum absolute atomic E-state index is 13.5. The molecule has 0 N–H and O–H groups in total. The summed E-state index contributed by atoms with van der Waals surface area (Å²) in [6, 6.07) is 16.6. The van der Waals surface area contributed by atoms with Gasteiger partial charge in [-0.2, -0.15) is 9.40 Å². The van der Waals surface area contributed by atoms with E-state index in [1.165, 1.54) is 11.8 Å². The summed E-state index contributed by atoms with van der Waals surface area (Å²) in [6.07, 6.45) is 7.29. The van der Waals surface area contributed by atoms with Crippen LogP contribution in [-0.2, 0) is 19.6 Å². The highest BCUT2D eigenvalue weighted by molar-refractivity contribution is 8.26. The fraction of sp³-hybridized carbons (Fsp3) is 0.367. The number of amides is 1. The molecular formula is C30H32N4O4S3. The van der Waals surface area contributed by atoms with E-state index in [-0.39, 0.29) is 16.9 Å². The third-order valence-electron chi connectivity index (χ3n) is 7.82. The van der Waals surface area contributed by atoms with Crippen LogP contribution in [0.15, 0.2) is 70.6 Å². The largest absolute Gasteiger partial charge is 0.376 e. The molecule has 2 aromatic carbocycles. The van der Waals surface area contributed by atoms with Gasteiger partial charge in [0.25, 0.3) is 5.91 Å². The molecule has 3 fully saturated rings. The quantitative estimate of drug-likeness (QED) is 0.265. The molecule has 1 atom stereocenters. The first-order chi connectivity index (χ1) is 19.8. The van der Waals surface area contributed by atoms with E-state index in [4.69, 9.17) is 22.1 Å². The van der Waals surface area contributed by atoms with Crippen LogP contribution in [0.2, 0.25) is 0 Å². The van der Waals surface area contributed by atoms with Crippen LogP contribution in [0.25, 0.3) is 23.0 Å². The Morgan fingerprint density at radius 2 is 1.88 bits per heavy atom. The van der Waals surface area contributed by atoms with Crippen LogP contribution in [0.4, 0.5) is 0 Å². The average Bonchev–Trinajstić information content (AvgIpc) is 3.71. The van der Waals surface area contributed by atoms with E-state index in [0.717, 1.165) is 31.4 Å². The first kappa shape index (κ1) is 28.3. The van der Waals surface area contributed by atoms with Crippen molar-refractivity contribution in [1.29, 1.82) is 0 Å². The molecule has 3 aliphatic rings. The Bertz CT molecular complexity index is 1590. The van der Waals surface area contributed by atoms with E-state index in [1.54, 1.807) is 32.1 Å². The van der Waals surface area contributed by atoms with Crippen LogP contribution >= 0.6 is 24.0 Å². The van der Waals surface area contributed by atoms with Gasteiger partial charge in [-0.3, -0.25) is 9.69 Å². The number of thiocarbonyl (C=S) groups is 1. The van der Waals surface area contributed by atoms with Gasteiger partial charge in [0.05, 0.1) is 28.1 Å². The van der Waals surface area contributed by atoms with Gasteiger partial charge < -0.3 is 4.74 Å². The molecule has 0 spiro atoms. The molecule has 0 bridgehead atoms. The van der Waals surface area contributed by atoms with Crippen LogP contribution < -0.4 is 0 Å². The van der Waals surface area contributed by atoms with Crippen molar-refractivity contribution >= 4 is 50.3 Å². The number of benzene rings is 2.